The quantitative estimate of drug-likeness (QED) is 0.738. The maximum absolute atomic E-state index is 10.6. The van der Waals surface area contributed by atoms with Crippen LogP contribution in [0.25, 0.3) is 0 Å². The van der Waals surface area contributed by atoms with Gasteiger partial charge in [0.05, 0.1) is 25.4 Å². The number of anilines is 2. The number of hydrogen-bond acceptors (Lipinski definition) is 8. The molecule has 0 aliphatic carbocycles. The van der Waals surface area contributed by atoms with Gasteiger partial charge in [0, 0.05) is 11.8 Å². The van der Waals surface area contributed by atoms with Gasteiger partial charge in [0.1, 0.15) is 11.9 Å². The highest BCUT2D eigenvalue weighted by Gasteiger charge is 2.20. The van der Waals surface area contributed by atoms with Gasteiger partial charge in [-0.2, -0.15) is 4.98 Å². The first kappa shape index (κ1) is 11.9. The molecule has 2 aromatic rings. The summed E-state index contributed by atoms with van der Waals surface area (Å²) in [5.41, 5.74) is 11.7. The molecule has 0 radical (unpaired) electrons. The summed E-state index contributed by atoms with van der Waals surface area (Å²) in [6.07, 6.45) is 0.0823. The molecule has 0 bridgehead atoms. The third-order valence-electron chi connectivity index (χ3n) is 3.06. The highest BCUT2D eigenvalue weighted by Crippen LogP contribution is 2.41. The zero-order valence-electron chi connectivity index (χ0n) is 15.0. The molecule has 0 saturated heterocycles. The molecule has 0 amide bonds. The summed E-state index contributed by atoms with van der Waals surface area (Å²) in [4.78, 5) is 7.60. The van der Waals surface area contributed by atoms with Gasteiger partial charge in [-0.15, -0.1) is 0 Å². The van der Waals surface area contributed by atoms with Crippen LogP contribution >= 0.6 is 0 Å². The molecule has 118 valence electrons. The standard InChI is InChI=1S/C14H18N4O4/c1-20-9-4-7(5-10(21-2)12(9)22-3)11(19)8-6-17-14(16)18-13(8)15/h4-6,11,19H,1-3H3,(H4,15,16,17,18)/i3D3. The van der Waals surface area contributed by atoms with Crippen molar-refractivity contribution in [3.05, 3.63) is 29.5 Å². The van der Waals surface area contributed by atoms with Crippen molar-refractivity contribution in [1.82, 2.24) is 9.97 Å². The van der Waals surface area contributed by atoms with E-state index >= 15 is 0 Å². The van der Waals surface area contributed by atoms with Crippen molar-refractivity contribution in [3.63, 3.8) is 0 Å². The van der Waals surface area contributed by atoms with E-state index in [-0.39, 0.29) is 34.6 Å². The summed E-state index contributed by atoms with van der Waals surface area (Å²) in [5.74, 6) is 0.0205. The van der Waals surface area contributed by atoms with Crippen molar-refractivity contribution in [2.75, 3.05) is 32.7 Å². The van der Waals surface area contributed by atoms with Crippen LogP contribution < -0.4 is 25.7 Å². The van der Waals surface area contributed by atoms with Gasteiger partial charge in [0.15, 0.2) is 11.5 Å². The number of aliphatic hydroxyl groups is 1. The van der Waals surface area contributed by atoms with E-state index in [9.17, 15) is 5.11 Å². The van der Waals surface area contributed by atoms with Gasteiger partial charge < -0.3 is 30.8 Å². The fourth-order valence-corrected chi connectivity index (χ4v) is 1.97. The number of nitrogens with two attached hydrogens (primary N) is 2. The lowest BCUT2D eigenvalue weighted by molar-refractivity contribution is 0.218. The molecule has 0 aliphatic rings. The summed E-state index contributed by atoms with van der Waals surface area (Å²) in [6.45, 7) is 0. The van der Waals surface area contributed by atoms with E-state index in [0.29, 0.717) is 5.56 Å². The first-order valence-corrected chi connectivity index (χ1v) is 6.17. The van der Waals surface area contributed by atoms with Crippen LogP contribution in [0.4, 0.5) is 11.8 Å². The minimum atomic E-state index is -2.70. The van der Waals surface area contributed by atoms with Crippen LogP contribution in [0.3, 0.4) is 0 Å². The summed E-state index contributed by atoms with van der Waals surface area (Å²) in [5, 5.41) is 10.6. The fourth-order valence-electron chi connectivity index (χ4n) is 1.97. The number of nitrogens with zero attached hydrogens (tertiary/aromatic N) is 2. The zero-order chi connectivity index (χ0) is 18.8. The van der Waals surface area contributed by atoms with E-state index in [4.69, 9.17) is 29.8 Å². The molecule has 0 saturated carbocycles. The lowest BCUT2D eigenvalue weighted by Gasteiger charge is -2.17. The Labute approximate surface area is 131 Å². The normalized spacial score (nSPS) is 14.4. The van der Waals surface area contributed by atoms with Gasteiger partial charge in [0.2, 0.25) is 11.7 Å². The molecule has 8 heteroatoms. The first-order chi connectivity index (χ1) is 11.7. The van der Waals surface area contributed by atoms with E-state index in [1.54, 1.807) is 0 Å². The Morgan fingerprint density at radius 3 is 2.32 bits per heavy atom. The van der Waals surface area contributed by atoms with E-state index in [1.807, 2.05) is 0 Å². The van der Waals surface area contributed by atoms with Crippen molar-refractivity contribution < 1.29 is 23.4 Å². The smallest absolute Gasteiger partial charge is 0.221 e. The molecule has 1 aromatic heterocycles. The maximum atomic E-state index is 10.6. The molecule has 5 N–H and O–H groups in total. The molecule has 1 heterocycles. The number of benzene rings is 1. The second-order valence-corrected chi connectivity index (χ2v) is 4.33. The second kappa shape index (κ2) is 6.35. The van der Waals surface area contributed by atoms with E-state index in [0.717, 1.165) is 0 Å². The summed E-state index contributed by atoms with van der Waals surface area (Å²) >= 11 is 0. The predicted molar refractivity (Wildman–Crippen MR) is 81.0 cm³/mol. The minimum absolute atomic E-state index is 0.0146. The minimum Gasteiger partial charge on any atom is -0.493 e. The van der Waals surface area contributed by atoms with Crippen molar-refractivity contribution in [1.29, 1.82) is 0 Å². The summed E-state index contributed by atoms with van der Waals surface area (Å²) in [6, 6.07) is 2.81. The van der Waals surface area contributed by atoms with Crippen LogP contribution in [0.1, 0.15) is 21.3 Å². The second-order valence-electron chi connectivity index (χ2n) is 4.33. The largest absolute Gasteiger partial charge is 0.493 e. The van der Waals surface area contributed by atoms with Crippen LogP contribution in [0.15, 0.2) is 18.3 Å². The Kier molecular flexibility index (Phi) is 3.43. The van der Waals surface area contributed by atoms with E-state index in [2.05, 4.69) is 9.97 Å². The van der Waals surface area contributed by atoms with Gasteiger partial charge in [-0.1, -0.05) is 0 Å². The molecule has 1 atom stereocenters. The molecule has 1 aromatic carbocycles. The Morgan fingerprint density at radius 2 is 1.82 bits per heavy atom. The lowest BCUT2D eigenvalue weighted by atomic mass is 10.0. The molecular weight excluding hydrogens is 288 g/mol. The number of nitrogen functional groups attached to an aromatic ring is 2. The highest BCUT2D eigenvalue weighted by atomic mass is 16.5. The molecule has 2 rings (SSSR count). The molecular formula is C14H18N4O4. The number of aromatic nitrogens is 2. The topological polar surface area (TPSA) is 126 Å². The van der Waals surface area contributed by atoms with Crippen LogP contribution in [0.5, 0.6) is 17.2 Å². The lowest BCUT2D eigenvalue weighted by Crippen LogP contribution is -2.09. The van der Waals surface area contributed by atoms with Crippen LogP contribution in [0.2, 0.25) is 0 Å². The molecule has 0 spiro atoms. The monoisotopic (exact) mass is 309 g/mol. The first-order valence-electron chi connectivity index (χ1n) is 7.67. The number of rotatable bonds is 5. The van der Waals surface area contributed by atoms with Crippen LogP contribution in [-0.2, 0) is 0 Å². The van der Waals surface area contributed by atoms with Crippen LogP contribution in [-0.4, -0.2) is 36.3 Å². The van der Waals surface area contributed by atoms with Gasteiger partial charge in [-0.3, -0.25) is 0 Å². The van der Waals surface area contributed by atoms with Crippen LogP contribution in [0, 0.1) is 0 Å². The van der Waals surface area contributed by atoms with Crippen molar-refractivity contribution in [2.45, 2.75) is 6.10 Å². The average Bonchev–Trinajstić information content (AvgIpc) is 2.53. The summed E-state index contributed by atoms with van der Waals surface area (Å²) < 4.78 is 37.0. The number of hydrogen-bond donors (Lipinski definition) is 3. The van der Waals surface area contributed by atoms with Gasteiger partial charge in [-0.05, 0) is 17.7 Å². The van der Waals surface area contributed by atoms with E-state index < -0.39 is 13.1 Å². The molecule has 0 aliphatic heterocycles. The van der Waals surface area contributed by atoms with Gasteiger partial charge in [-0.25, -0.2) is 4.98 Å². The SMILES string of the molecule is [2H]C([2H])([2H])Oc1c(OC)cc(C(O)c2cnc(N)nc2N)cc1OC. The Balaban J connectivity index is 2.51. The number of aliphatic hydroxyl groups excluding tert-OH is 1. The Bertz CT molecular complexity index is 745. The van der Waals surface area contributed by atoms with Crippen molar-refractivity contribution in [2.24, 2.45) is 0 Å². The third kappa shape index (κ3) is 2.82. The Hall–Kier alpha value is -2.74. The fraction of sp³-hybridized carbons (Fsp3) is 0.286. The van der Waals surface area contributed by atoms with Crippen molar-refractivity contribution in [3.8, 4) is 17.2 Å². The summed E-state index contributed by atoms with van der Waals surface area (Å²) in [7, 11) is -0.0358. The molecule has 0 fully saturated rings. The highest BCUT2D eigenvalue weighted by molar-refractivity contribution is 5.56. The molecule has 8 nitrogen and oxygen atoms in total. The number of ether oxygens (including phenoxy) is 3. The predicted octanol–water partition coefficient (Wildman–Crippen LogP) is 0.748. The van der Waals surface area contributed by atoms with Gasteiger partial charge in [0.25, 0.3) is 0 Å². The van der Waals surface area contributed by atoms with E-state index in [1.165, 1.54) is 32.5 Å². The molecule has 1 unspecified atom stereocenters. The van der Waals surface area contributed by atoms with Gasteiger partial charge >= 0.3 is 0 Å². The number of methoxy groups -OCH3 is 3. The third-order valence-corrected chi connectivity index (χ3v) is 3.06. The maximum Gasteiger partial charge on any atom is 0.221 e. The Morgan fingerprint density at radius 1 is 1.18 bits per heavy atom. The zero-order valence-corrected chi connectivity index (χ0v) is 12.0. The molecule has 22 heavy (non-hydrogen) atoms. The van der Waals surface area contributed by atoms with Crippen molar-refractivity contribution >= 4 is 11.8 Å². The average molecular weight is 309 g/mol.